The zero-order chi connectivity index (χ0) is 21.7. The summed E-state index contributed by atoms with van der Waals surface area (Å²) in [4.78, 5) is 16.2. The van der Waals surface area contributed by atoms with Gasteiger partial charge in [0.05, 0.1) is 35.0 Å². The molecule has 1 aliphatic rings. The molecule has 1 aliphatic heterocycles. The predicted molar refractivity (Wildman–Crippen MR) is 125 cm³/mol. The van der Waals surface area contributed by atoms with Gasteiger partial charge in [0.2, 0.25) is 0 Å². The summed E-state index contributed by atoms with van der Waals surface area (Å²) in [7, 11) is 0. The third-order valence-electron chi connectivity index (χ3n) is 5.89. The summed E-state index contributed by atoms with van der Waals surface area (Å²) in [6, 6.07) is 12.3. The number of nitrogens with zero attached hydrogens (tertiary/aromatic N) is 6. The number of halogens is 1. The molecule has 8 nitrogen and oxygen atoms in total. The van der Waals surface area contributed by atoms with Crippen LogP contribution in [0.15, 0.2) is 48.9 Å². The molecule has 5 aromatic rings. The van der Waals surface area contributed by atoms with E-state index in [1.807, 2.05) is 31.2 Å². The summed E-state index contributed by atoms with van der Waals surface area (Å²) >= 11 is 6.73. The molecule has 0 amide bonds. The summed E-state index contributed by atoms with van der Waals surface area (Å²) in [5.41, 5.74) is 5.54. The van der Waals surface area contributed by atoms with Crippen molar-refractivity contribution >= 4 is 39.2 Å². The second-order valence-corrected chi connectivity index (χ2v) is 8.17. The molecule has 1 N–H and O–H groups in total. The fourth-order valence-electron chi connectivity index (χ4n) is 4.41. The summed E-state index contributed by atoms with van der Waals surface area (Å²) in [6.07, 6.45) is 3.22. The molecule has 4 heterocycles. The highest BCUT2D eigenvalue weighted by Gasteiger charge is 2.22. The van der Waals surface area contributed by atoms with Crippen molar-refractivity contribution in [1.29, 1.82) is 0 Å². The van der Waals surface area contributed by atoms with Crippen molar-refractivity contribution in [1.82, 2.24) is 29.7 Å². The number of aryl methyl sites for hydroxylation is 1. The molecule has 0 radical (unpaired) electrons. The number of H-pyrrole nitrogens is 1. The quantitative estimate of drug-likeness (QED) is 0.449. The number of hydrogen-bond donors (Lipinski definition) is 1. The Morgan fingerprint density at radius 2 is 1.94 bits per heavy atom. The molecular weight excluding hydrogens is 426 g/mol. The smallest absolute Gasteiger partial charge is 0.157 e. The molecule has 0 saturated carbocycles. The van der Waals surface area contributed by atoms with E-state index in [1.165, 1.54) is 6.33 Å². The fourth-order valence-corrected chi connectivity index (χ4v) is 4.65. The number of hydrogen-bond acceptors (Lipinski definition) is 6. The number of ether oxygens (including phenoxy) is 1. The number of benzene rings is 2. The molecule has 1 saturated heterocycles. The van der Waals surface area contributed by atoms with Crippen molar-refractivity contribution in [2.75, 3.05) is 31.2 Å². The van der Waals surface area contributed by atoms with E-state index >= 15 is 0 Å². The van der Waals surface area contributed by atoms with Gasteiger partial charge in [0.15, 0.2) is 5.82 Å². The largest absolute Gasteiger partial charge is 0.378 e. The number of rotatable bonds is 3. The Bertz CT molecular complexity index is 1440. The van der Waals surface area contributed by atoms with Gasteiger partial charge in [0.25, 0.3) is 0 Å². The first-order valence-corrected chi connectivity index (χ1v) is 10.8. The lowest BCUT2D eigenvalue weighted by Crippen LogP contribution is -2.36. The number of pyridine rings is 1. The van der Waals surface area contributed by atoms with Crippen LogP contribution in [0.1, 0.15) is 5.82 Å². The molecule has 0 bridgehead atoms. The number of para-hydroxylation sites is 1. The molecule has 0 aliphatic carbocycles. The summed E-state index contributed by atoms with van der Waals surface area (Å²) in [6.45, 7) is 5.05. The van der Waals surface area contributed by atoms with Gasteiger partial charge in [-0.3, -0.25) is 14.6 Å². The highest BCUT2D eigenvalue weighted by atomic mass is 35.5. The standard InChI is InChI=1S/C23H20ClN7O/c1-14-28-21-17(23-26-13-27-29-23)10-15(30-6-8-32-9-7-30)11-20(21)31(14)22-16-4-2-3-5-19(16)25-12-18(22)24/h2-5,10-13H,6-9H2,1H3,(H,26,27,29). The van der Waals surface area contributed by atoms with Crippen LogP contribution in [0.2, 0.25) is 5.02 Å². The monoisotopic (exact) mass is 445 g/mol. The Morgan fingerprint density at radius 1 is 1.09 bits per heavy atom. The molecule has 9 heteroatoms. The van der Waals surface area contributed by atoms with Crippen LogP contribution in [-0.2, 0) is 4.74 Å². The van der Waals surface area contributed by atoms with E-state index in [0.29, 0.717) is 24.1 Å². The minimum Gasteiger partial charge on any atom is -0.378 e. The molecule has 0 atom stereocenters. The lowest BCUT2D eigenvalue weighted by Gasteiger charge is -2.29. The van der Waals surface area contributed by atoms with Gasteiger partial charge >= 0.3 is 0 Å². The number of anilines is 1. The van der Waals surface area contributed by atoms with E-state index in [4.69, 9.17) is 21.3 Å². The first-order valence-electron chi connectivity index (χ1n) is 10.5. The third-order valence-corrected chi connectivity index (χ3v) is 6.16. The van der Waals surface area contributed by atoms with Crippen molar-refractivity contribution < 1.29 is 4.74 Å². The predicted octanol–water partition coefficient (Wildman–Crippen LogP) is 4.16. The molecule has 6 rings (SSSR count). The van der Waals surface area contributed by atoms with Crippen LogP contribution in [0.3, 0.4) is 0 Å². The average molecular weight is 446 g/mol. The Labute approximate surface area is 188 Å². The second kappa shape index (κ2) is 7.58. The van der Waals surface area contributed by atoms with E-state index in [9.17, 15) is 0 Å². The van der Waals surface area contributed by atoms with Gasteiger partial charge in [-0.25, -0.2) is 9.97 Å². The maximum Gasteiger partial charge on any atom is 0.157 e. The normalized spacial score (nSPS) is 14.5. The number of imidazole rings is 1. The molecule has 3 aromatic heterocycles. The average Bonchev–Trinajstić information content (AvgIpc) is 3.47. The van der Waals surface area contributed by atoms with Crippen molar-refractivity contribution in [2.45, 2.75) is 6.92 Å². The highest BCUT2D eigenvalue weighted by Crippen LogP contribution is 2.37. The number of aromatic amines is 1. The van der Waals surface area contributed by atoms with Crippen LogP contribution in [0.4, 0.5) is 5.69 Å². The lowest BCUT2D eigenvalue weighted by molar-refractivity contribution is 0.122. The van der Waals surface area contributed by atoms with Crippen molar-refractivity contribution in [2.24, 2.45) is 0 Å². The van der Waals surface area contributed by atoms with Gasteiger partial charge in [0, 0.05) is 35.9 Å². The SMILES string of the molecule is Cc1nc2c(-c3ncn[nH]3)cc(N3CCOCC3)cc2n1-c1c(Cl)cnc2ccccc12. The Morgan fingerprint density at radius 3 is 2.75 bits per heavy atom. The van der Waals surface area contributed by atoms with Gasteiger partial charge < -0.3 is 9.64 Å². The van der Waals surface area contributed by atoms with Crippen LogP contribution in [0.25, 0.3) is 39.0 Å². The Balaban J connectivity index is 1.68. The summed E-state index contributed by atoms with van der Waals surface area (Å²) in [5.74, 6) is 1.51. The first-order chi connectivity index (χ1) is 15.7. The van der Waals surface area contributed by atoms with Gasteiger partial charge in [0.1, 0.15) is 17.7 Å². The van der Waals surface area contributed by atoms with Gasteiger partial charge in [-0.05, 0) is 25.1 Å². The highest BCUT2D eigenvalue weighted by molar-refractivity contribution is 6.33. The van der Waals surface area contributed by atoms with Crippen LogP contribution in [0, 0.1) is 6.92 Å². The topological polar surface area (TPSA) is 84.8 Å². The van der Waals surface area contributed by atoms with E-state index in [0.717, 1.165) is 57.8 Å². The molecule has 0 spiro atoms. The zero-order valence-electron chi connectivity index (χ0n) is 17.4. The molecule has 32 heavy (non-hydrogen) atoms. The van der Waals surface area contributed by atoms with E-state index in [-0.39, 0.29) is 0 Å². The third kappa shape index (κ3) is 3.03. The van der Waals surface area contributed by atoms with Crippen LogP contribution >= 0.6 is 11.6 Å². The molecule has 0 unspecified atom stereocenters. The second-order valence-electron chi connectivity index (χ2n) is 7.76. The van der Waals surface area contributed by atoms with Crippen LogP contribution in [0.5, 0.6) is 0 Å². The minimum absolute atomic E-state index is 0.573. The summed E-state index contributed by atoms with van der Waals surface area (Å²) < 4.78 is 7.68. The minimum atomic E-state index is 0.573. The summed E-state index contributed by atoms with van der Waals surface area (Å²) in [5, 5.41) is 8.60. The van der Waals surface area contributed by atoms with Crippen LogP contribution < -0.4 is 4.90 Å². The Kier molecular flexibility index (Phi) is 4.55. The van der Waals surface area contributed by atoms with Gasteiger partial charge in [-0.1, -0.05) is 29.8 Å². The fraction of sp³-hybridized carbons (Fsp3) is 0.217. The van der Waals surface area contributed by atoms with Gasteiger partial charge in [-0.15, -0.1) is 0 Å². The number of fused-ring (bicyclic) bond motifs is 2. The maximum atomic E-state index is 6.73. The number of morpholine rings is 1. The lowest BCUT2D eigenvalue weighted by atomic mass is 10.1. The number of aromatic nitrogens is 6. The van der Waals surface area contributed by atoms with E-state index in [1.54, 1.807) is 6.20 Å². The maximum absolute atomic E-state index is 6.73. The zero-order valence-corrected chi connectivity index (χ0v) is 18.2. The van der Waals surface area contributed by atoms with Crippen molar-refractivity contribution in [3.05, 3.63) is 59.8 Å². The van der Waals surface area contributed by atoms with Gasteiger partial charge in [-0.2, -0.15) is 5.10 Å². The molecule has 1 fully saturated rings. The Hall–Kier alpha value is -3.49. The number of nitrogens with one attached hydrogen (secondary N) is 1. The van der Waals surface area contributed by atoms with E-state index in [2.05, 4.69) is 41.8 Å². The van der Waals surface area contributed by atoms with Crippen LogP contribution in [-0.4, -0.2) is 56.0 Å². The first kappa shape index (κ1) is 19.2. The van der Waals surface area contributed by atoms with E-state index < -0.39 is 0 Å². The molecule has 160 valence electrons. The van der Waals surface area contributed by atoms with Crippen molar-refractivity contribution in [3.63, 3.8) is 0 Å². The van der Waals surface area contributed by atoms with Crippen molar-refractivity contribution in [3.8, 4) is 17.1 Å². The molecular formula is C23H20ClN7O. The molecule has 2 aromatic carbocycles.